The van der Waals surface area contributed by atoms with Gasteiger partial charge in [-0.05, 0) is 38.2 Å². The molecule has 3 N–H and O–H groups in total. The fraction of sp³-hybridized carbons (Fsp3) is 0.545. The van der Waals surface area contributed by atoms with Gasteiger partial charge in [-0.25, -0.2) is 14.3 Å². The van der Waals surface area contributed by atoms with Gasteiger partial charge in [-0.1, -0.05) is 18.4 Å². The number of carbonyl (C=O) groups is 2. The second-order valence-corrected chi connectivity index (χ2v) is 9.07. The van der Waals surface area contributed by atoms with Gasteiger partial charge in [0.15, 0.2) is 0 Å². The summed E-state index contributed by atoms with van der Waals surface area (Å²) in [6.45, 7) is 6.44. The van der Waals surface area contributed by atoms with Gasteiger partial charge < -0.3 is 15.3 Å². The van der Waals surface area contributed by atoms with E-state index in [9.17, 15) is 23.9 Å². The molecule has 1 saturated heterocycles. The number of halogens is 1. The molecule has 1 aliphatic carbocycles. The minimum atomic E-state index is -1.01. The third-order valence-corrected chi connectivity index (χ3v) is 5.81. The van der Waals surface area contributed by atoms with Crippen LogP contribution in [0.15, 0.2) is 10.9 Å². The maximum atomic E-state index is 13.4. The van der Waals surface area contributed by atoms with Crippen molar-refractivity contribution >= 4 is 23.5 Å². The van der Waals surface area contributed by atoms with E-state index < -0.39 is 23.5 Å². The van der Waals surface area contributed by atoms with Gasteiger partial charge in [0.2, 0.25) is 11.5 Å². The van der Waals surface area contributed by atoms with Gasteiger partial charge >= 0.3 is 17.1 Å². The minimum absolute atomic E-state index is 0.0323. The largest absolute Gasteiger partial charge is 0.477 e. The van der Waals surface area contributed by atoms with Crippen molar-refractivity contribution in [1.29, 1.82) is 0 Å². The number of aromatic amines is 1. The number of fused-ring (bicyclic) bond motifs is 1. The average molecular weight is 447 g/mol. The lowest BCUT2D eigenvalue weighted by Crippen LogP contribution is -2.46. The number of rotatable bonds is 6. The van der Waals surface area contributed by atoms with Gasteiger partial charge in [0.05, 0.1) is 24.3 Å². The molecule has 4 rings (SSSR count). The molecule has 172 valence electrons. The monoisotopic (exact) mass is 446 g/mol. The van der Waals surface area contributed by atoms with Gasteiger partial charge in [-0.15, -0.1) is 0 Å². The molecule has 1 aliphatic heterocycles. The molecule has 10 heteroatoms. The third-order valence-electron chi connectivity index (χ3n) is 5.81. The highest BCUT2D eigenvalue weighted by Gasteiger charge is 2.35. The van der Waals surface area contributed by atoms with Gasteiger partial charge in [0.1, 0.15) is 6.17 Å². The van der Waals surface area contributed by atoms with Crippen molar-refractivity contribution in [3.63, 3.8) is 0 Å². The number of H-pyrrole nitrogens is 1. The van der Waals surface area contributed by atoms with Crippen LogP contribution in [0.1, 0.15) is 54.7 Å². The van der Waals surface area contributed by atoms with Crippen LogP contribution in [0, 0.1) is 12.8 Å². The Labute approximate surface area is 184 Å². The SMILES string of the molecule is Cc1[nH]n2c(=O)c(C(=O)NC3CC3)c(O)[n+](CC(C)C)c2c1/C=C/C(=O)N1CC[C@H](F)C1. The van der Waals surface area contributed by atoms with Crippen molar-refractivity contribution in [3.05, 3.63) is 33.3 Å². The van der Waals surface area contributed by atoms with Crippen LogP contribution in [0.4, 0.5) is 4.39 Å². The highest BCUT2D eigenvalue weighted by atomic mass is 19.1. The molecule has 2 amide bonds. The van der Waals surface area contributed by atoms with Crippen LogP contribution in [0.5, 0.6) is 5.88 Å². The Balaban J connectivity index is 1.81. The Hall–Kier alpha value is -3.17. The van der Waals surface area contributed by atoms with Crippen LogP contribution in [-0.2, 0) is 11.3 Å². The smallest absolute Gasteiger partial charge is 0.378 e. The van der Waals surface area contributed by atoms with Crippen LogP contribution in [-0.4, -0.2) is 56.7 Å². The van der Waals surface area contributed by atoms with E-state index in [1.54, 1.807) is 13.0 Å². The van der Waals surface area contributed by atoms with Gasteiger partial charge in [0.25, 0.3) is 5.91 Å². The number of carbonyl (C=O) groups excluding carboxylic acids is 2. The zero-order valence-electron chi connectivity index (χ0n) is 18.5. The highest BCUT2D eigenvalue weighted by Crippen LogP contribution is 2.22. The topological polar surface area (TPSA) is 111 Å². The predicted molar refractivity (Wildman–Crippen MR) is 115 cm³/mol. The number of likely N-dealkylation sites (tertiary alicyclic amines) is 1. The maximum absolute atomic E-state index is 13.4. The first-order valence-corrected chi connectivity index (χ1v) is 11.0. The highest BCUT2D eigenvalue weighted by molar-refractivity contribution is 5.96. The van der Waals surface area contributed by atoms with Gasteiger partial charge in [-0.3, -0.25) is 9.59 Å². The lowest BCUT2D eigenvalue weighted by molar-refractivity contribution is -0.686. The summed E-state index contributed by atoms with van der Waals surface area (Å²) in [4.78, 5) is 39.7. The molecule has 1 atom stereocenters. The van der Waals surface area contributed by atoms with E-state index in [1.807, 2.05) is 13.8 Å². The third kappa shape index (κ3) is 4.13. The summed E-state index contributed by atoms with van der Waals surface area (Å²) >= 11 is 0. The number of hydrogen-bond acceptors (Lipinski definition) is 4. The first-order valence-electron chi connectivity index (χ1n) is 11.0. The standard InChI is InChI=1S/C22H28FN5O4/c1-12(2)10-27-20-16(6-7-17(29)26-9-8-14(23)11-26)13(3)25-28(20)22(32)18(21(27)31)19(30)24-15-4-5-15/h6-7,12,14-15H,4-5,8-11H2,1-3H3,(H2,24,30,31,32)/p+1/b7-6+/t14-/m0/s1. The summed E-state index contributed by atoms with van der Waals surface area (Å²) < 4.78 is 16.2. The van der Waals surface area contributed by atoms with Gasteiger partial charge in [-0.2, -0.15) is 4.57 Å². The second-order valence-electron chi connectivity index (χ2n) is 9.07. The Bertz CT molecular complexity index is 1160. The number of nitrogens with zero attached hydrogens (tertiary/aromatic N) is 3. The first kappa shape index (κ1) is 22.0. The fourth-order valence-electron chi connectivity index (χ4n) is 4.02. The zero-order chi connectivity index (χ0) is 23.2. The molecule has 2 fully saturated rings. The molecule has 1 saturated carbocycles. The summed E-state index contributed by atoms with van der Waals surface area (Å²) in [5, 5.41) is 16.7. The molecule has 0 aromatic carbocycles. The molecule has 32 heavy (non-hydrogen) atoms. The summed E-state index contributed by atoms with van der Waals surface area (Å²) in [5.41, 5.74) is 0.512. The number of aromatic nitrogens is 3. The van der Waals surface area contributed by atoms with Crippen LogP contribution in [0.25, 0.3) is 11.7 Å². The van der Waals surface area contributed by atoms with Crippen molar-refractivity contribution in [2.75, 3.05) is 13.1 Å². The van der Waals surface area contributed by atoms with Crippen LogP contribution in [0.3, 0.4) is 0 Å². The average Bonchev–Trinajstić information content (AvgIpc) is 3.31. The van der Waals surface area contributed by atoms with Crippen molar-refractivity contribution in [1.82, 2.24) is 19.8 Å². The van der Waals surface area contributed by atoms with E-state index >= 15 is 0 Å². The zero-order valence-corrected chi connectivity index (χ0v) is 18.5. The number of hydrogen-bond donors (Lipinski definition) is 3. The van der Waals surface area contributed by atoms with Crippen molar-refractivity contribution in [2.24, 2.45) is 5.92 Å². The molecule has 0 spiro atoms. The second kappa shape index (κ2) is 8.40. The quantitative estimate of drug-likeness (QED) is 0.455. The normalized spacial score (nSPS) is 18.9. The Morgan fingerprint density at radius 2 is 2.06 bits per heavy atom. The Morgan fingerprint density at radius 1 is 1.34 bits per heavy atom. The molecule has 0 radical (unpaired) electrons. The molecule has 3 heterocycles. The van der Waals surface area contributed by atoms with Crippen molar-refractivity contribution in [2.45, 2.75) is 58.8 Å². The fourth-order valence-corrected chi connectivity index (χ4v) is 4.02. The first-order chi connectivity index (χ1) is 15.2. The summed E-state index contributed by atoms with van der Waals surface area (Å²) in [7, 11) is 0. The Morgan fingerprint density at radius 3 is 2.66 bits per heavy atom. The summed E-state index contributed by atoms with van der Waals surface area (Å²) in [6.07, 6.45) is 3.94. The lowest BCUT2D eigenvalue weighted by Gasteiger charge is -2.12. The minimum Gasteiger partial charge on any atom is -0.477 e. The molecule has 0 unspecified atom stereocenters. The molecule has 0 bridgehead atoms. The number of alkyl halides is 1. The van der Waals surface area contributed by atoms with E-state index in [2.05, 4.69) is 10.4 Å². The summed E-state index contributed by atoms with van der Waals surface area (Å²) in [5.74, 6) is -1.21. The Kier molecular flexibility index (Phi) is 5.79. The maximum Gasteiger partial charge on any atom is 0.378 e. The van der Waals surface area contributed by atoms with Crippen molar-refractivity contribution < 1.29 is 23.7 Å². The molecule has 2 aromatic heterocycles. The van der Waals surface area contributed by atoms with Gasteiger partial charge in [0, 0.05) is 18.7 Å². The number of amides is 2. The van der Waals surface area contributed by atoms with E-state index in [0.717, 1.165) is 12.8 Å². The van der Waals surface area contributed by atoms with E-state index in [0.29, 0.717) is 36.4 Å². The van der Waals surface area contributed by atoms with Crippen LogP contribution < -0.4 is 15.4 Å². The van der Waals surface area contributed by atoms with Crippen LogP contribution >= 0.6 is 0 Å². The van der Waals surface area contributed by atoms with E-state index in [-0.39, 0.29) is 30.0 Å². The summed E-state index contributed by atoms with van der Waals surface area (Å²) in [6, 6.07) is 0.0323. The van der Waals surface area contributed by atoms with Crippen molar-refractivity contribution in [3.8, 4) is 5.88 Å². The molecule has 9 nitrogen and oxygen atoms in total. The number of aromatic hydroxyl groups is 1. The number of nitrogens with one attached hydrogen (secondary N) is 2. The number of aryl methyl sites for hydroxylation is 1. The molecular formula is C22H29FN5O4+. The lowest BCUT2D eigenvalue weighted by atomic mass is 10.1. The molecular weight excluding hydrogens is 417 g/mol. The molecule has 2 aliphatic rings. The van der Waals surface area contributed by atoms with E-state index in [1.165, 1.54) is 20.1 Å². The van der Waals surface area contributed by atoms with E-state index in [4.69, 9.17) is 0 Å². The van der Waals surface area contributed by atoms with Crippen LogP contribution in [0.2, 0.25) is 0 Å². The predicted octanol–water partition coefficient (Wildman–Crippen LogP) is 1.06. The molecule has 2 aromatic rings.